The van der Waals surface area contributed by atoms with Gasteiger partial charge in [0.1, 0.15) is 0 Å². The molecule has 2 unspecified atom stereocenters. The van der Waals surface area contributed by atoms with E-state index in [0.717, 1.165) is 6.42 Å². The molecule has 22 heavy (non-hydrogen) atoms. The highest BCUT2D eigenvalue weighted by Gasteiger charge is 1.93. The Morgan fingerprint density at radius 2 is 1.32 bits per heavy atom. The van der Waals surface area contributed by atoms with Crippen molar-refractivity contribution in [3.63, 3.8) is 0 Å². The quantitative estimate of drug-likeness (QED) is 0.329. The Labute approximate surface area is 139 Å². The summed E-state index contributed by atoms with van der Waals surface area (Å²) in [5, 5.41) is 0. The lowest BCUT2D eigenvalue weighted by Crippen LogP contribution is -1.87. The van der Waals surface area contributed by atoms with Gasteiger partial charge in [0.25, 0.3) is 0 Å². The molecule has 0 fully saturated rings. The lowest BCUT2D eigenvalue weighted by Gasteiger charge is -2.02. The molecule has 0 rings (SSSR count). The van der Waals surface area contributed by atoms with Gasteiger partial charge in [-0.3, -0.25) is 0 Å². The minimum absolute atomic E-state index is 0.591. The number of hydrogen-bond donors (Lipinski definition) is 0. The van der Waals surface area contributed by atoms with Crippen LogP contribution in [0.4, 0.5) is 0 Å². The molecule has 0 N–H and O–H groups in total. The van der Waals surface area contributed by atoms with Crippen LogP contribution in [-0.4, -0.2) is 0 Å². The van der Waals surface area contributed by atoms with Crippen LogP contribution in [0.25, 0.3) is 0 Å². The second-order valence-electron chi connectivity index (χ2n) is 6.13. The Hall–Kier alpha value is -1.30. The lowest BCUT2D eigenvalue weighted by atomic mass is 10.0. The molecule has 0 heterocycles. The molecule has 0 bridgehead atoms. The zero-order valence-electron chi connectivity index (χ0n) is 15.2. The van der Waals surface area contributed by atoms with Gasteiger partial charge >= 0.3 is 0 Å². The Morgan fingerprint density at radius 1 is 0.682 bits per heavy atom. The fourth-order valence-electron chi connectivity index (χ4n) is 2.05. The third-order valence-electron chi connectivity index (χ3n) is 3.57. The maximum Gasteiger partial charge on any atom is -0.0224 e. The van der Waals surface area contributed by atoms with Crippen LogP contribution in [0.3, 0.4) is 0 Å². The van der Waals surface area contributed by atoms with E-state index < -0.39 is 0 Å². The standard InChI is InChI=1S/C22H36/c1-5-7-9-10-11-14-19-22(4)20-16-13-12-15-18-21(3)17-8-6-2/h9-16,18,20-22H,5-8,17,19H2,1-4H3/b10-9+,13-12+,14-11-,18-15-,20-16+. The van der Waals surface area contributed by atoms with Gasteiger partial charge < -0.3 is 0 Å². The Morgan fingerprint density at radius 3 is 1.95 bits per heavy atom. The van der Waals surface area contributed by atoms with Crippen molar-refractivity contribution < 1.29 is 0 Å². The van der Waals surface area contributed by atoms with Gasteiger partial charge in [-0.25, -0.2) is 0 Å². The number of unbranched alkanes of at least 4 members (excludes halogenated alkanes) is 2. The van der Waals surface area contributed by atoms with E-state index in [2.05, 4.69) is 88.5 Å². The van der Waals surface area contributed by atoms with Crippen LogP contribution in [0.15, 0.2) is 60.8 Å². The fraction of sp³-hybridized carbons (Fsp3) is 0.545. The van der Waals surface area contributed by atoms with E-state index in [1.54, 1.807) is 0 Å². The summed E-state index contributed by atoms with van der Waals surface area (Å²) in [6, 6.07) is 0. The first-order chi connectivity index (χ1) is 10.7. The monoisotopic (exact) mass is 300 g/mol. The van der Waals surface area contributed by atoms with E-state index in [9.17, 15) is 0 Å². The van der Waals surface area contributed by atoms with E-state index >= 15 is 0 Å². The van der Waals surface area contributed by atoms with E-state index in [1.165, 1.54) is 32.1 Å². The summed E-state index contributed by atoms with van der Waals surface area (Å²) >= 11 is 0. The van der Waals surface area contributed by atoms with Crippen molar-refractivity contribution >= 4 is 0 Å². The normalized spacial score (nSPS) is 16.0. The summed E-state index contributed by atoms with van der Waals surface area (Å²) < 4.78 is 0. The minimum atomic E-state index is 0.591. The van der Waals surface area contributed by atoms with Crippen molar-refractivity contribution in [3.05, 3.63) is 60.8 Å². The van der Waals surface area contributed by atoms with Gasteiger partial charge in [-0.05, 0) is 31.1 Å². The smallest absolute Gasteiger partial charge is 0.0224 e. The molecule has 0 spiro atoms. The van der Waals surface area contributed by atoms with E-state index in [-0.39, 0.29) is 0 Å². The molecule has 0 saturated carbocycles. The zero-order valence-corrected chi connectivity index (χ0v) is 15.2. The maximum absolute atomic E-state index is 2.30. The molecule has 0 aromatic rings. The summed E-state index contributed by atoms with van der Waals surface area (Å²) in [5.74, 6) is 1.28. The zero-order chi connectivity index (χ0) is 16.5. The van der Waals surface area contributed by atoms with E-state index in [0.29, 0.717) is 11.8 Å². The highest BCUT2D eigenvalue weighted by Crippen LogP contribution is 2.09. The lowest BCUT2D eigenvalue weighted by molar-refractivity contribution is 0.598. The largest absolute Gasteiger partial charge is 0.0846 e. The molecule has 0 amide bonds. The topological polar surface area (TPSA) is 0 Å². The second-order valence-corrected chi connectivity index (χ2v) is 6.13. The van der Waals surface area contributed by atoms with E-state index in [4.69, 9.17) is 0 Å². The number of allylic oxidation sites excluding steroid dienone is 10. The van der Waals surface area contributed by atoms with Crippen LogP contribution in [0.1, 0.15) is 66.2 Å². The number of rotatable bonds is 12. The molecular formula is C22H36. The predicted molar refractivity (Wildman–Crippen MR) is 103 cm³/mol. The third kappa shape index (κ3) is 15.1. The summed E-state index contributed by atoms with van der Waals surface area (Å²) in [4.78, 5) is 0. The summed E-state index contributed by atoms with van der Waals surface area (Å²) in [6.07, 6.45) is 29.4. The highest BCUT2D eigenvalue weighted by atomic mass is 14.0. The Balaban J connectivity index is 3.86. The molecule has 2 atom stereocenters. The predicted octanol–water partition coefficient (Wildman–Crippen LogP) is 7.42. The molecule has 0 heteroatoms. The molecule has 0 aromatic heterocycles. The molecule has 0 aliphatic heterocycles. The van der Waals surface area contributed by atoms with Gasteiger partial charge in [-0.2, -0.15) is 0 Å². The van der Waals surface area contributed by atoms with Crippen molar-refractivity contribution in [1.82, 2.24) is 0 Å². The van der Waals surface area contributed by atoms with Gasteiger partial charge in [0, 0.05) is 0 Å². The highest BCUT2D eigenvalue weighted by molar-refractivity contribution is 5.13. The van der Waals surface area contributed by atoms with Crippen LogP contribution >= 0.6 is 0 Å². The van der Waals surface area contributed by atoms with Gasteiger partial charge in [0.05, 0.1) is 0 Å². The molecule has 0 aliphatic rings. The summed E-state index contributed by atoms with van der Waals surface area (Å²) in [5.41, 5.74) is 0. The van der Waals surface area contributed by atoms with Crippen molar-refractivity contribution in [1.29, 1.82) is 0 Å². The molecule has 0 saturated heterocycles. The summed E-state index contributed by atoms with van der Waals surface area (Å²) in [6.45, 7) is 9.00. The Bertz CT molecular complexity index is 365. The van der Waals surface area contributed by atoms with Crippen LogP contribution in [0.5, 0.6) is 0 Å². The average Bonchev–Trinajstić information content (AvgIpc) is 2.52. The van der Waals surface area contributed by atoms with Crippen LogP contribution in [0, 0.1) is 11.8 Å². The molecule has 124 valence electrons. The van der Waals surface area contributed by atoms with Crippen LogP contribution in [-0.2, 0) is 0 Å². The van der Waals surface area contributed by atoms with Gasteiger partial charge in [-0.1, -0.05) is 108 Å². The first-order valence-electron chi connectivity index (χ1n) is 9.04. The minimum Gasteiger partial charge on any atom is -0.0846 e. The maximum atomic E-state index is 2.30. The van der Waals surface area contributed by atoms with Gasteiger partial charge in [0.2, 0.25) is 0 Å². The van der Waals surface area contributed by atoms with Crippen molar-refractivity contribution in [3.8, 4) is 0 Å². The Kier molecular flexibility index (Phi) is 15.1. The average molecular weight is 301 g/mol. The van der Waals surface area contributed by atoms with Crippen molar-refractivity contribution in [2.24, 2.45) is 11.8 Å². The molecule has 0 aliphatic carbocycles. The first kappa shape index (κ1) is 20.7. The summed E-state index contributed by atoms with van der Waals surface area (Å²) in [7, 11) is 0. The molecule has 0 aromatic carbocycles. The molecule has 0 radical (unpaired) electrons. The van der Waals surface area contributed by atoms with Crippen LogP contribution < -0.4 is 0 Å². The number of hydrogen-bond acceptors (Lipinski definition) is 0. The van der Waals surface area contributed by atoms with Gasteiger partial charge in [-0.15, -0.1) is 0 Å². The molecule has 0 nitrogen and oxygen atoms in total. The van der Waals surface area contributed by atoms with Crippen molar-refractivity contribution in [2.45, 2.75) is 66.2 Å². The van der Waals surface area contributed by atoms with E-state index in [1.807, 2.05) is 0 Å². The second kappa shape index (κ2) is 16.1. The first-order valence-corrected chi connectivity index (χ1v) is 9.04. The SMILES string of the molecule is CCC/C=C/C=C\CC(C)/C=C/C=C/C=C\C(C)CCCC. The molecular weight excluding hydrogens is 264 g/mol. The third-order valence-corrected chi connectivity index (χ3v) is 3.57. The van der Waals surface area contributed by atoms with Crippen LogP contribution in [0.2, 0.25) is 0 Å². The van der Waals surface area contributed by atoms with Gasteiger partial charge in [0.15, 0.2) is 0 Å². The van der Waals surface area contributed by atoms with Crippen molar-refractivity contribution in [2.75, 3.05) is 0 Å². The fourth-order valence-corrected chi connectivity index (χ4v) is 2.05.